The van der Waals surface area contributed by atoms with Gasteiger partial charge in [-0.2, -0.15) is 0 Å². The number of carbonyl (C=O) groups excluding carboxylic acids is 1. The van der Waals surface area contributed by atoms with E-state index in [-0.39, 0.29) is 18.5 Å². The third-order valence-corrected chi connectivity index (χ3v) is 10.4. The van der Waals surface area contributed by atoms with Crippen molar-refractivity contribution in [3.8, 4) is 0 Å². The largest absolute Gasteiger partial charge is 0.500 e. The summed E-state index contributed by atoms with van der Waals surface area (Å²) in [6.07, 6.45) is 2.38. The molecule has 0 bridgehead atoms. The first-order chi connectivity index (χ1) is 14.4. The highest BCUT2D eigenvalue weighted by Crippen LogP contribution is 2.18. The van der Waals surface area contributed by atoms with Crippen molar-refractivity contribution < 1.29 is 33.1 Å². The number of urea groups is 1. The van der Waals surface area contributed by atoms with Crippen molar-refractivity contribution in [1.82, 2.24) is 10.2 Å². The molecule has 30 heavy (non-hydrogen) atoms. The third kappa shape index (κ3) is 11.7. The second kappa shape index (κ2) is 17.1. The molecule has 0 aromatic rings. The van der Waals surface area contributed by atoms with Crippen LogP contribution < -0.4 is 5.32 Å². The lowest BCUT2D eigenvalue weighted by Gasteiger charge is -2.29. The number of aliphatic hydroxyl groups is 2. The molecule has 0 aliphatic heterocycles. The highest BCUT2D eigenvalue weighted by molar-refractivity contribution is 6.72. The van der Waals surface area contributed by atoms with E-state index in [0.717, 1.165) is 12.8 Å². The topological polar surface area (TPSA) is 121 Å². The minimum absolute atomic E-state index is 0.141. The molecular formula is C19H44N2O7Si2. The summed E-state index contributed by atoms with van der Waals surface area (Å²) in [4.78, 5) is 24.5. The Morgan fingerprint density at radius 2 is 1.40 bits per heavy atom. The van der Waals surface area contributed by atoms with E-state index in [1.54, 1.807) is 4.90 Å². The Bertz CT molecular complexity index is 426. The molecule has 180 valence electrons. The smallest absolute Gasteiger partial charge is 0.428 e. The minimum atomic E-state index is -2.99. The molecule has 0 radical (unpaired) electrons. The van der Waals surface area contributed by atoms with Crippen molar-refractivity contribution in [1.29, 1.82) is 0 Å². The molecule has 0 unspecified atom stereocenters. The predicted molar refractivity (Wildman–Crippen MR) is 122 cm³/mol. The van der Waals surface area contributed by atoms with Crippen LogP contribution in [0.1, 0.15) is 53.4 Å². The van der Waals surface area contributed by atoms with Crippen LogP contribution in [0.2, 0.25) is 12.1 Å². The lowest BCUT2D eigenvalue weighted by atomic mass is 10.3. The molecule has 0 heterocycles. The molecule has 0 aromatic carbocycles. The first kappa shape index (κ1) is 29.5. The van der Waals surface area contributed by atoms with E-state index < -0.39 is 17.1 Å². The van der Waals surface area contributed by atoms with Gasteiger partial charge < -0.3 is 38.5 Å². The van der Waals surface area contributed by atoms with Crippen molar-refractivity contribution in [3.63, 3.8) is 0 Å². The molecule has 0 spiro atoms. The van der Waals surface area contributed by atoms with E-state index >= 15 is 0 Å². The maximum Gasteiger partial charge on any atom is 0.500 e. The van der Waals surface area contributed by atoms with Gasteiger partial charge in [-0.05, 0) is 46.1 Å². The van der Waals surface area contributed by atoms with E-state index in [2.05, 4.69) is 12.2 Å². The number of hydrogen-bond acceptors (Lipinski definition) is 7. The van der Waals surface area contributed by atoms with Gasteiger partial charge >= 0.3 is 14.8 Å². The Morgan fingerprint density at radius 3 is 1.87 bits per heavy atom. The van der Waals surface area contributed by atoms with Gasteiger partial charge in [0.25, 0.3) is 0 Å². The van der Waals surface area contributed by atoms with Crippen LogP contribution in [0.25, 0.3) is 0 Å². The zero-order valence-electron chi connectivity index (χ0n) is 19.3. The van der Waals surface area contributed by atoms with Crippen LogP contribution in [-0.2, 0) is 13.3 Å². The lowest BCUT2D eigenvalue weighted by Crippen LogP contribution is -2.47. The molecule has 9 nitrogen and oxygen atoms in total. The number of rotatable bonds is 19. The first-order valence-electron chi connectivity index (χ1n) is 11.2. The van der Waals surface area contributed by atoms with Crippen LogP contribution in [0.15, 0.2) is 0 Å². The zero-order chi connectivity index (χ0) is 22.9. The van der Waals surface area contributed by atoms with Gasteiger partial charge in [0.2, 0.25) is 8.32 Å². The maximum absolute atomic E-state index is 12.6. The van der Waals surface area contributed by atoms with Gasteiger partial charge in [0.05, 0.1) is 12.5 Å². The van der Waals surface area contributed by atoms with E-state index in [9.17, 15) is 19.8 Å². The normalized spacial score (nSPS) is 12.2. The Kier molecular flexibility index (Phi) is 16.8. The standard InChI is InChI=1S/C19H44N2O7Si2/c1-5-9-13-21(14-11-15-29(25,17-22)18-23)19(24)20-12-10-16-30(26-6-2,27-7-3)28-8-4/h22-23,25H,5-18H2,1-4H3,(H,20,24). The number of nitrogens with one attached hydrogen (secondary N) is 1. The van der Waals surface area contributed by atoms with Crippen LogP contribution in [0.5, 0.6) is 0 Å². The van der Waals surface area contributed by atoms with Gasteiger partial charge in [0, 0.05) is 45.5 Å². The van der Waals surface area contributed by atoms with Crippen molar-refractivity contribution in [2.75, 3.05) is 51.9 Å². The summed E-state index contributed by atoms with van der Waals surface area (Å²) in [7, 11) is -5.69. The second-order valence-corrected chi connectivity index (χ2v) is 13.6. The summed E-state index contributed by atoms with van der Waals surface area (Å²) in [5, 5.41) is 21.5. The van der Waals surface area contributed by atoms with E-state index in [1.165, 1.54) is 0 Å². The molecule has 0 atom stereocenters. The summed E-state index contributed by atoms with van der Waals surface area (Å²) in [5.41, 5.74) is 0. The van der Waals surface area contributed by atoms with Crippen molar-refractivity contribution in [3.05, 3.63) is 0 Å². The molecule has 0 saturated carbocycles. The highest BCUT2D eigenvalue weighted by atomic mass is 28.4. The van der Waals surface area contributed by atoms with Crippen LogP contribution >= 0.6 is 0 Å². The van der Waals surface area contributed by atoms with E-state index in [0.29, 0.717) is 64.4 Å². The maximum atomic E-state index is 12.6. The Morgan fingerprint density at radius 1 is 0.867 bits per heavy atom. The molecule has 0 aliphatic carbocycles. The van der Waals surface area contributed by atoms with Gasteiger partial charge in [-0.1, -0.05) is 13.3 Å². The summed E-state index contributed by atoms with van der Waals surface area (Å²) >= 11 is 0. The Hall–Kier alpha value is -0.536. The zero-order valence-corrected chi connectivity index (χ0v) is 21.3. The van der Waals surface area contributed by atoms with Gasteiger partial charge in [0.15, 0.2) is 0 Å². The van der Waals surface area contributed by atoms with Gasteiger partial charge in [-0.25, -0.2) is 4.79 Å². The SMILES string of the molecule is CCCCN(CCC[Si](O)(CO)CO)C(=O)NCCC[Si](OCC)(OCC)OCC. The lowest BCUT2D eigenvalue weighted by molar-refractivity contribution is 0.0708. The summed E-state index contributed by atoms with van der Waals surface area (Å²) < 4.78 is 17.5. The molecule has 2 amide bonds. The molecule has 0 rings (SSSR count). The first-order valence-corrected chi connectivity index (χ1v) is 15.7. The van der Waals surface area contributed by atoms with Gasteiger partial charge in [0.1, 0.15) is 0 Å². The molecule has 0 aromatic heterocycles. The fraction of sp³-hybridized carbons (Fsp3) is 0.947. The predicted octanol–water partition coefficient (Wildman–Crippen LogP) is 1.63. The summed E-state index contributed by atoms with van der Waals surface area (Å²) in [6.45, 7) is 11.0. The number of hydrogen-bond donors (Lipinski definition) is 4. The monoisotopic (exact) mass is 468 g/mol. The molecule has 0 aliphatic rings. The number of nitrogens with zero attached hydrogens (tertiary/aromatic N) is 1. The van der Waals surface area contributed by atoms with Crippen molar-refractivity contribution in [2.24, 2.45) is 0 Å². The van der Waals surface area contributed by atoms with E-state index in [1.807, 2.05) is 20.8 Å². The van der Waals surface area contributed by atoms with Gasteiger partial charge in [-0.15, -0.1) is 0 Å². The summed E-state index contributed by atoms with van der Waals surface area (Å²) in [6, 6.07) is 0.864. The van der Waals surface area contributed by atoms with Crippen LogP contribution in [0.3, 0.4) is 0 Å². The molecule has 4 N–H and O–H groups in total. The number of unbranched alkanes of at least 4 members (excludes halogenated alkanes) is 1. The van der Waals surface area contributed by atoms with Crippen LogP contribution in [0.4, 0.5) is 4.79 Å². The number of aliphatic hydroxyl groups excluding tert-OH is 2. The quantitative estimate of drug-likeness (QED) is 0.168. The summed E-state index contributed by atoms with van der Waals surface area (Å²) in [5.74, 6) is 0. The van der Waals surface area contributed by atoms with Crippen molar-refractivity contribution in [2.45, 2.75) is 65.5 Å². The fourth-order valence-corrected chi connectivity index (χ4v) is 6.93. The molecule has 0 fully saturated rings. The molecular weight excluding hydrogens is 424 g/mol. The van der Waals surface area contributed by atoms with Crippen LogP contribution in [0, 0.1) is 0 Å². The van der Waals surface area contributed by atoms with E-state index in [4.69, 9.17) is 13.3 Å². The molecule has 0 saturated heterocycles. The highest BCUT2D eigenvalue weighted by Gasteiger charge is 2.39. The average Bonchev–Trinajstić information content (AvgIpc) is 2.74. The molecule has 11 heteroatoms. The average molecular weight is 469 g/mol. The van der Waals surface area contributed by atoms with Gasteiger partial charge in [-0.3, -0.25) is 0 Å². The second-order valence-electron chi connectivity index (χ2n) is 7.30. The Balaban J connectivity index is 4.62. The minimum Gasteiger partial charge on any atom is -0.428 e. The van der Waals surface area contributed by atoms with Crippen LogP contribution in [-0.4, -0.2) is 95.0 Å². The number of carbonyl (C=O) groups is 1. The fourth-order valence-electron chi connectivity index (χ4n) is 3.08. The number of amides is 2. The third-order valence-electron chi connectivity index (χ3n) is 4.76. The van der Waals surface area contributed by atoms with Crippen molar-refractivity contribution >= 4 is 23.2 Å². The Labute approximate surface area is 184 Å².